The van der Waals surface area contributed by atoms with E-state index in [1.165, 1.54) is 6.42 Å². The molecule has 7 heteroatoms. The van der Waals surface area contributed by atoms with E-state index in [1.54, 1.807) is 42.5 Å². The van der Waals surface area contributed by atoms with Gasteiger partial charge in [0.2, 0.25) is 0 Å². The molecule has 2 aromatic carbocycles. The van der Waals surface area contributed by atoms with Gasteiger partial charge in [-0.25, -0.2) is 0 Å². The third kappa shape index (κ3) is 5.47. The van der Waals surface area contributed by atoms with Crippen molar-refractivity contribution >= 4 is 45.0 Å². The van der Waals surface area contributed by atoms with E-state index >= 15 is 0 Å². The number of ether oxygens (including phenoxy) is 1. The maximum absolute atomic E-state index is 12.5. The molecule has 1 aliphatic heterocycles. The number of amides is 2. The van der Waals surface area contributed by atoms with Gasteiger partial charge in [0.25, 0.3) is 11.8 Å². The molecule has 1 N–H and O–H groups in total. The van der Waals surface area contributed by atoms with Crippen LogP contribution in [0.1, 0.15) is 29.6 Å². The third-order valence-electron chi connectivity index (χ3n) is 4.31. The SMILES string of the molecule is O=C(COc1ccc(Br)cc1Cl)Nc1ccc(C(=O)N2CCCCC2)cc1. The summed E-state index contributed by atoms with van der Waals surface area (Å²) in [6.45, 7) is 1.47. The molecule has 1 saturated heterocycles. The predicted molar refractivity (Wildman–Crippen MR) is 109 cm³/mol. The number of anilines is 1. The van der Waals surface area contributed by atoms with Crippen LogP contribution in [-0.4, -0.2) is 36.4 Å². The molecule has 0 saturated carbocycles. The zero-order valence-electron chi connectivity index (χ0n) is 14.7. The number of piperidine rings is 1. The zero-order valence-corrected chi connectivity index (χ0v) is 17.1. The van der Waals surface area contributed by atoms with E-state index in [0.29, 0.717) is 22.0 Å². The number of likely N-dealkylation sites (tertiary alicyclic amines) is 1. The lowest BCUT2D eigenvalue weighted by Gasteiger charge is -2.26. The normalized spacial score (nSPS) is 13.9. The summed E-state index contributed by atoms with van der Waals surface area (Å²) in [5, 5.41) is 3.18. The summed E-state index contributed by atoms with van der Waals surface area (Å²) in [4.78, 5) is 26.4. The standard InChI is InChI=1S/C20H20BrClN2O3/c21-15-6-9-18(17(22)12-15)27-13-19(25)23-16-7-4-14(5-8-16)20(26)24-10-2-1-3-11-24/h4-9,12H,1-3,10-11,13H2,(H,23,25). The molecule has 0 aromatic heterocycles. The number of hydrogen-bond donors (Lipinski definition) is 1. The summed E-state index contributed by atoms with van der Waals surface area (Å²) in [6.07, 6.45) is 3.30. The first-order chi connectivity index (χ1) is 13.0. The van der Waals surface area contributed by atoms with Gasteiger partial charge in [-0.2, -0.15) is 0 Å². The third-order valence-corrected chi connectivity index (χ3v) is 5.10. The summed E-state index contributed by atoms with van der Waals surface area (Å²) in [5.41, 5.74) is 1.24. The van der Waals surface area contributed by atoms with Crippen molar-refractivity contribution in [3.63, 3.8) is 0 Å². The first-order valence-corrected chi connectivity index (χ1v) is 9.97. The van der Waals surface area contributed by atoms with Crippen molar-refractivity contribution < 1.29 is 14.3 Å². The Kier molecular flexibility index (Phi) is 6.74. The number of hydrogen-bond acceptors (Lipinski definition) is 3. The number of carbonyl (C=O) groups is 2. The number of halogens is 2. The van der Waals surface area contributed by atoms with E-state index < -0.39 is 0 Å². The lowest BCUT2D eigenvalue weighted by Crippen LogP contribution is -2.35. The van der Waals surface area contributed by atoms with Crippen LogP contribution < -0.4 is 10.1 Å². The minimum atomic E-state index is -0.302. The van der Waals surface area contributed by atoms with Gasteiger partial charge in [-0.3, -0.25) is 9.59 Å². The van der Waals surface area contributed by atoms with Crippen LogP contribution in [0.5, 0.6) is 5.75 Å². The Morgan fingerprint density at radius 3 is 2.44 bits per heavy atom. The van der Waals surface area contributed by atoms with E-state index in [9.17, 15) is 9.59 Å². The predicted octanol–water partition coefficient (Wildman–Crippen LogP) is 4.75. The van der Waals surface area contributed by atoms with Crippen LogP contribution in [0.25, 0.3) is 0 Å². The topological polar surface area (TPSA) is 58.6 Å². The van der Waals surface area contributed by atoms with Gasteiger partial charge in [-0.15, -0.1) is 0 Å². The molecule has 0 bridgehead atoms. The van der Waals surface area contributed by atoms with Crippen LogP contribution in [0, 0.1) is 0 Å². The molecule has 27 heavy (non-hydrogen) atoms. The molecule has 2 aromatic rings. The largest absolute Gasteiger partial charge is 0.482 e. The van der Waals surface area contributed by atoms with Gasteiger partial charge < -0.3 is 15.0 Å². The fraction of sp³-hybridized carbons (Fsp3) is 0.300. The molecule has 2 amide bonds. The molecule has 0 radical (unpaired) electrons. The second-order valence-corrected chi connectivity index (χ2v) is 7.66. The molecule has 0 aliphatic carbocycles. The second-order valence-electron chi connectivity index (χ2n) is 6.34. The maximum Gasteiger partial charge on any atom is 0.262 e. The van der Waals surface area contributed by atoms with Crippen LogP contribution in [0.4, 0.5) is 5.69 Å². The molecule has 1 heterocycles. The second kappa shape index (κ2) is 9.24. The summed E-state index contributed by atoms with van der Waals surface area (Å²) >= 11 is 9.38. The highest BCUT2D eigenvalue weighted by Crippen LogP contribution is 2.27. The fourth-order valence-corrected chi connectivity index (χ4v) is 3.64. The molecule has 3 rings (SSSR count). The monoisotopic (exact) mass is 450 g/mol. The maximum atomic E-state index is 12.5. The summed E-state index contributed by atoms with van der Waals surface area (Å²) in [6, 6.07) is 12.1. The number of nitrogens with zero attached hydrogens (tertiary/aromatic N) is 1. The number of nitrogens with one attached hydrogen (secondary N) is 1. The smallest absolute Gasteiger partial charge is 0.262 e. The summed E-state index contributed by atoms with van der Waals surface area (Å²) < 4.78 is 6.28. The Labute approximate surface area is 171 Å². The average Bonchev–Trinajstić information content (AvgIpc) is 2.68. The van der Waals surface area contributed by atoms with Crippen molar-refractivity contribution in [3.8, 4) is 5.75 Å². The summed E-state index contributed by atoms with van der Waals surface area (Å²) in [5.74, 6) is 0.183. The minimum Gasteiger partial charge on any atom is -0.482 e. The molecule has 1 fully saturated rings. The van der Waals surface area contributed by atoms with E-state index in [1.807, 2.05) is 4.90 Å². The first kappa shape index (κ1) is 19.7. The van der Waals surface area contributed by atoms with Crippen molar-refractivity contribution in [1.29, 1.82) is 0 Å². The van der Waals surface area contributed by atoms with Crippen molar-refractivity contribution in [2.45, 2.75) is 19.3 Å². The Morgan fingerprint density at radius 2 is 1.78 bits per heavy atom. The highest BCUT2D eigenvalue weighted by molar-refractivity contribution is 9.10. The van der Waals surface area contributed by atoms with E-state index in [4.69, 9.17) is 16.3 Å². The van der Waals surface area contributed by atoms with Crippen molar-refractivity contribution in [2.24, 2.45) is 0 Å². The Bertz CT molecular complexity index is 820. The Hall–Kier alpha value is -2.05. The zero-order chi connectivity index (χ0) is 19.2. The van der Waals surface area contributed by atoms with Crippen molar-refractivity contribution in [3.05, 3.63) is 57.5 Å². The van der Waals surface area contributed by atoms with Gasteiger partial charge in [0.05, 0.1) is 5.02 Å². The Balaban J connectivity index is 1.52. The molecule has 0 unspecified atom stereocenters. The van der Waals surface area contributed by atoms with Gasteiger partial charge in [0.15, 0.2) is 6.61 Å². The lowest BCUT2D eigenvalue weighted by molar-refractivity contribution is -0.118. The first-order valence-electron chi connectivity index (χ1n) is 8.80. The van der Waals surface area contributed by atoms with Crippen molar-refractivity contribution in [1.82, 2.24) is 4.90 Å². The van der Waals surface area contributed by atoms with Crippen molar-refractivity contribution in [2.75, 3.05) is 25.0 Å². The number of benzene rings is 2. The van der Waals surface area contributed by atoms with E-state index in [-0.39, 0.29) is 18.4 Å². The highest BCUT2D eigenvalue weighted by atomic mass is 79.9. The minimum absolute atomic E-state index is 0.0424. The number of rotatable bonds is 5. The quantitative estimate of drug-likeness (QED) is 0.714. The van der Waals surface area contributed by atoms with E-state index in [2.05, 4.69) is 21.2 Å². The van der Waals surface area contributed by atoms with Crippen LogP contribution >= 0.6 is 27.5 Å². The molecular formula is C20H20BrClN2O3. The fourth-order valence-electron chi connectivity index (χ4n) is 2.91. The summed E-state index contributed by atoms with van der Waals surface area (Å²) in [7, 11) is 0. The Morgan fingerprint density at radius 1 is 1.07 bits per heavy atom. The average molecular weight is 452 g/mol. The van der Waals surface area contributed by atoms with Crippen LogP contribution in [0.15, 0.2) is 46.9 Å². The molecule has 142 valence electrons. The van der Waals surface area contributed by atoms with Gasteiger partial charge >= 0.3 is 0 Å². The van der Waals surface area contributed by atoms with E-state index in [0.717, 1.165) is 30.4 Å². The molecule has 1 aliphatic rings. The molecule has 0 spiro atoms. The van der Waals surface area contributed by atoms with Crippen LogP contribution in [0.2, 0.25) is 5.02 Å². The number of carbonyl (C=O) groups excluding carboxylic acids is 2. The molecule has 0 atom stereocenters. The molecule has 5 nitrogen and oxygen atoms in total. The van der Waals surface area contributed by atoms with Crippen LogP contribution in [-0.2, 0) is 4.79 Å². The molecular weight excluding hydrogens is 432 g/mol. The van der Waals surface area contributed by atoms with Gasteiger partial charge in [-0.1, -0.05) is 27.5 Å². The lowest BCUT2D eigenvalue weighted by atomic mass is 10.1. The van der Waals surface area contributed by atoms with Gasteiger partial charge in [-0.05, 0) is 61.7 Å². The highest BCUT2D eigenvalue weighted by Gasteiger charge is 2.18. The van der Waals surface area contributed by atoms with Gasteiger partial charge in [0.1, 0.15) is 5.75 Å². The van der Waals surface area contributed by atoms with Gasteiger partial charge in [0, 0.05) is 28.8 Å². The van der Waals surface area contributed by atoms with Crippen LogP contribution in [0.3, 0.4) is 0 Å².